The molecule has 0 amide bonds. The molecule has 0 unspecified atom stereocenters. The quantitative estimate of drug-likeness (QED) is 0.720. The van der Waals surface area contributed by atoms with Gasteiger partial charge in [-0.15, -0.1) is 0 Å². The van der Waals surface area contributed by atoms with E-state index in [4.69, 9.17) is 4.74 Å². The summed E-state index contributed by atoms with van der Waals surface area (Å²) in [4.78, 5) is 8.15. The molecule has 0 fully saturated rings. The normalized spacial score (nSPS) is 10.7. The lowest BCUT2D eigenvalue weighted by atomic mass is 10.3. The molecule has 0 saturated carbocycles. The van der Waals surface area contributed by atoms with Crippen LogP contribution in [0.5, 0.6) is 5.88 Å². The number of aryl methyl sites for hydroxylation is 1. The van der Waals surface area contributed by atoms with Crippen LogP contribution in [-0.4, -0.2) is 29.2 Å². The van der Waals surface area contributed by atoms with Crippen molar-refractivity contribution in [2.75, 3.05) is 13.2 Å². The zero-order chi connectivity index (χ0) is 11.1. The number of aromatic nitrogens is 2. The fourth-order valence-corrected chi connectivity index (χ4v) is 1.15. The number of nitrogens with one attached hydrogen (secondary N) is 1. The Balaban J connectivity index is 2.30. The summed E-state index contributed by atoms with van der Waals surface area (Å²) in [7, 11) is 0. The van der Waals surface area contributed by atoms with E-state index in [1.165, 1.54) is 0 Å². The van der Waals surface area contributed by atoms with Crippen molar-refractivity contribution in [1.82, 2.24) is 15.3 Å². The molecule has 4 heteroatoms. The summed E-state index contributed by atoms with van der Waals surface area (Å²) in [5, 5.41) is 3.28. The Bertz CT molecular complexity index is 289. The molecule has 0 saturated heterocycles. The number of nitrogens with zero attached hydrogens (tertiary/aromatic N) is 2. The van der Waals surface area contributed by atoms with Gasteiger partial charge < -0.3 is 10.1 Å². The van der Waals surface area contributed by atoms with E-state index in [-0.39, 0.29) is 0 Å². The first-order valence-corrected chi connectivity index (χ1v) is 5.39. The Morgan fingerprint density at radius 3 is 2.87 bits per heavy atom. The van der Waals surface area contributed by atoms with Gasteiger partial charge in [0.2, 0.25) is 5.88 Å². The number of rotatable bonds is 6. The van der Waals surface area contributed by atoms with Crippen LogP contribution in [0, 0.1) is 0 Å². The minimum Gasteiger partial charge on any atom is -0.476 e. The number of hydrogen-bond acceptors (Lipinski definition) is 4. The molecule has 0 atom stereocenters. The SMILES string of the molecule is CCc1cc(OCCNC(C)C)ncn1. The molecule has 0 aromatic carbocycles. The van der Waals surface area contributed by atoms with Crippen molar-refractivity contribution in [2.45, 2.75) is 33.2 Å². The lowest BCUT2D eigenvalue weighted by Crippen LogP contribution is -2.27. The molecule has 0 spiro atoms. The van der Waals surface area contributed by atoms with Crippen molar-refractivity contribution in [1.29, 1.82) is 0 Å². The maximum absolute atomic E-state index is 5.49. The minimum absolute atomic E-state index is 0.491. The van der Waals surface area contributed by atoms with Crippen LogP contribution in [0.1, 0.15) is 26.5 Å². The van der Waals surface area contributed by atoms with Gasteiger partial charge in [-0.2, -0.15) is 0 Å². The molecule has 1 N–H and O–H groups in total. The van der Waals surface area contributed by atoms with Crippen molar-refractivity contribution < 1.29 is 4.74 Å². The van der Waals surface area contributed by atoms with E-state index in [1.54, 1.807) is 6.33 Å². The van der Waals surface area contributed by atoms with Gasteiger partial charge >= 0.3 is 0 Å². The molecule has 15 heavy (non-hydrogen) atoms. The summed E-state index contributed by atoms with van der Waals surface area (Å²) in [5.74, 6) is 0.660. The van der Waals surface area contributed by atoms with Gasteiger partial charge in [-0.1, -0.05) is 20.8 Å². The van der Waals surface area contributed by atoms with Gasteiger partial charge in [-0.25, -0.2) is 9.97 Å². The second-order valence-corrected chi connectivity index (χ2v) is 3.66. The van der Waals surface area contributed by atoms with Crippen LogP contribution in [0.2, 0.25) is 0 Å². The Morgan fingerprint density at radius 1 is 1.40 bits per heavy atom. The predicted octanol–water partition coefficient (Wildman–Crippen LogP) is 1.42. The highest BCUT2D eigenvalue weighted by atomic mass is 16.5. The van der Waals surface area contributed by atoms with E-state index in [0.717, 1.165) is 18.7 Å². The smallest absolute Gasteiger partial charge is 0.216 e. The first-order valence-electron chi connectivity index (χ1n) is 5.39. The molecule has 1 aromatic rings. The average Bonchev–Trinajstić information content (AvgIpc) is 2.24. The molecule has 0 aliphatic carbocycles. The van der Waals surface area contributed by atoms with Gasteiger partial charge in [-0.3, -0.25) is 0 Å². The Labute approximate surface area is 91.1 Å². The summed E-state index contributed by atoms with van der Waals surface area (Å²) < 4.78 is 5.49. The van der Waals surface area contributed by atoms with Crippen LogP contribution < -0.4 is 10.1 Å². The van der Waals surface area contributed by atoms with Crippen LogP contribution in [0.4, 0.5) is 0 Å². The average molecular weight is 209 g/mol. The van der Waals surface area contributed by atoms with E-state index in [0.29, 0.717) is 18.5 Å². The Kier molecular flexibility index (Phi) is 5.04. The highest BCUT2D eigenvalue weighted by molar-refractivity contribution is 5.13. The van der Waals surface area contributed by atoms with E-state index >= 15 is 0 Å². The van der Waals surface area contributed by atoms with Gasteiger partial charge in [0, 0.05) is 24.3 Å². The monoisotopic (exact) mass is 209 g/mol. The predicted molar refractivity (Wildman–Crippen MR) is 60.0 cm³/mol. The standard InChI is InChI=1S/C11H19N3O/c1-4-10-7-11(14-8-13-10)15-6-5-12-9(2)3/h7-9,12H,4-6H2,1-3H3. The van der Waals surface area contributed by atoms with E-state index < -0.39 is 0 Å². The molecule has 1 heterocycles. The lowest BCUT2D eigenvalue weighted by molar-refractivity contribution is 0.297. The van der Waals surface area contributed by atoms with Gasteiger partial charge in [0.05, 0.1) is 0 Å². The molecular weight excluding hydrogens is 190 g/mol. The van der Waals surface area contributed by atoms with Crippen molar-refractivity contribution in [3.63, 3.8) is 0 Å². The van der Waals surface area contributed by atoms with Crippen molar-refractivity contribution in [3.05, 3.63) is 18.1 Å². The second kappa shape index (κ2) is 6.35. The third-order valence-corrected chi connectivity index (χ3v) is 1.97. The molecule has 1 aromatic heterocycles. The second-order valence-electron chi connectivity index (χ2n) is 3.66. The van der Waals surface area contributed by atoms with Crippen LogP contribution in [0.25, 0.3) is 0 Å². The summed E-state index contributed by atoms with van der Waals surface area (Å²) in [6.07, 6.45) is 2.45. The topological polar surface area (TPSA) is 47.0 Å². The van der Waals surface area contributed by atoms with Crippen LogP contribution in [0.3, 0.4) is 0 Å². The number of hydrogen-bond donors (Lipinski definition) is 1. The van der Waals surface area contributed by atoms with Crippen LogP contribution in [-0.2, 0) is 6.42 Å². The fourth-order valence-electron chi connectivity index (χ4n) is 1.15. The zero-order valence-electron chi connectivity index (χ0n) is 9.66. The molecule has 1 rings (SSSR count). The van der Waals surface area contributed by atoms with Crippen molar-refractivity contribution in [2.24, 2.45) is 0 Å². The first-order chi connectivity index (χ1) is 7.22. The Morgan fingerprint density at radius 2 is 2.20 bits per heavy atom. The highest BCUT2D eigenvalue weighted by Crippen LogP contribution is 2.06. The van der Waals surface area contributed by atoms with Gasteiger partial charge in [-0.05, 0) is 6.42 Å². The Hall–Kier alpha value is -1.16. The zero-order valence-corrected chi connectivity index (χ0v) is 9.66. The van der Waals surface area contributed by atoms with Crippen molar-refractivity contribution >= 4 is 0 Å². The fraction of sp³-hybridized carbons (Fsp3) is 0.636. The maximum Gasteiger partial charge on any atom is 0.216 e. The molecule has 84 valence electrons. The van der Waals surface area contributed by atoms with Gasteiger partial charge in [0.25, 0.3) is 0 Å². The third-order valence-electron chi connectivity index (χ3n) is 1.97. The van der Waals surface area contributed by atoms with Gasteiger partial charge in [0.15, 0.2) is 0 Å². The van der Waals surface area contributed by atoms with Crippen molar-refractivity contribution in [3.8, 4) is 5.88 Å². The molecule has 0 aliphatic rings. The van der Waals surface area contributed by atoms with E-state index in [9.17, 15) is 0 Å². The minimum atomic E-state index is 0.491. The first kappa shape index (κ1) is 11.9. The van der Waals surface area contributed by atoms with E-state index in [1.807, 2.05) is 6.07 Å². The molecule has 0 radical (unpaired) electrons. The third kappa shape index (κ3) is 4.74. The summed E-state index contributed by atoms with van der Waals surface area (Å²) in [5.41, 5.74) is 1.01. The molecule has 4 nitrogen and oxygen atoms in total. The summed E-state index contributed by atoms with van der Waals surface area (Å²) >= 11 is 0. The molecule has 0 aliphatic heterocycles. The molecular formula is C11H19N3O. The molecule has 0 bridgehead atoms. The number of ether oxygens (including phenoxy) is 1. The summed E-state index contributed by atoms with van der Waals surface area (Å²) in [6.45, 7) is 7.76. The lowest BCUT2D eigenvalue weighted by Gasteiger charge is -2.09. The van der Waals surface area contributed by atoms with Crippen LogP contribution in [0.15, 0.2) is 12.4 Å². The van der Waals surface area contributed by atoms with E-state index in [2.05, 4.69) is 36.1 Å². The van der Waals surface area contributed by atoms with Gasteiger partial charge in [0.1, 0.15) is 12.9 Å². The van der Waals surface area contributed by atoms with Crippen LogP contribution >= 0.6 is 0 Å². The largest absolute Gasteiger partial charge is 0.476 e. The summed E-state index contributed by atoms with van der Waals surface area (Å²) in [6, 6.07) is 2.38. The maximum atomic E-state index is 5.49. The highest BCUT2D eigenvalue weighted by Gasteiger charge is 1.98.